The second-order valence-electron chi connectivity index (χ2n) is 5.05. The summed E-state index contributed by atoms with van der Waals surface area (Å²) in [5.74, 6) is -0.763. The molecule has 0 radical (unpaired) electrons. The third-order valence-electron chi connectivity index (χ3n) is 2.96. The van der Waals surface area contributed by atoms with Crippen molar-refractivity contribution in [2.75, 3.05) is 5.73 Å². The topological polar surface area (TPSA) is 131 Å². The van der Waals surface area contributed by atoms with Crippen LogP contribution in [0.4, 0.5) is 5.69 Å². The van der Waals surface area contributed by atoms with Gasteiger partial charge in [0.2, 0.25) is 15.9 Å². The highest BCUT2D eigenvalue weighted by atomic mass is 32.2. The van der Waals surface area contributed by atoms with Gasteiger partial charge >= 0.3 is 0 Å². The fraction of sp³-hybridized carbons (Fsp3) is 0.250. The maximum absolute atomic E-state index is 12.4. The van der Waals surface area contributed by atoms with Crippen LogP contribution in [0.1, 0.15) is 13.8 Å². The number of nitrogens with two attached hydrogens (primary N) is 2. The number of primary amides is 1. The molecule has 0 saturated carbocycles. The largest absolute Gasteiger partial charge is 0.399 e. The van der Waals surface area contributed by atoms with Gasteiger partial charge in [-0.3, -0.25) is 4.79 Å². The van der Waals surface area contributed by atoms with Gasteiger partial charge in [0.25, 0.3) is 0 Å². The third kappa shape index (κ3) is 2.47. The second-order valence-corrected chi connectivity index (χ2v) is 6.70. The molecule has 2 aromatic rings. The monoisotopic (exact) mass is 296 g/mol. The lowest BCUT2D eigenvalue weighted by atomic mass is 10.1. The molecule has 1 aromatic carbocycles. The molecule has 0 aliphatic rings. The molecule has 0 saturated heterocycles. The molecule has 1 aromatic heterocycles. The Morgan fingerprint density at radius 1 is 1.35 bits per heavy atom. The maximum Gasteiger partial charge on any atom is 0.243 e. The Bertz CT molecular complexity index is 777. The Kier molecular flexibility index (Phi) is 3.23. The highest BCUT2D eigenvalue weighted by Gasteiger charge is 2.32. The van der Waals surface area contributed by atoms with Gasteiger partial charge in [-0.25, -0.2) is 8.42 Å². The number of rotatable bonds is 4. The first-order chi connectivity index (χ1) is 9.13. The first-order valence-electron chi connectivity index (χ1n) is 5.84. The molecular weight excluding hydrogens is 280 g/mol. The van der Waals surface area contributed by atoms with Crippen LogP contribution in [-0.2, 0) is 14.8 Å². The van der Waals surface area contributed by atoms with E-state index in [4.69, 9.17) is 11.5 Å². The molecule has 0 aliphatic heterocycles. The summed E-state index contributed by atoms with van der Waals surface area (Å²) in [6.45, 7) is 2.80. The number of carbonyl (C=O) groups excluding carboxylic acids is 1. The van der Waals surface area contributed by atoms with Gasteiger partial charge in [-0.2, -0.15) is 4.72 Å². The average Bonchev–Trinajstić information content (AvgIpc) is 2.70. The number of anilines is 1. The number of nitrogen functional groups attached to an aromatic ring is 1. The normalized spacial score (nSPS) is 12.7. The van der Waals surface area contributed by atoms with Gasteiger partial charge in [-0.05, 0) is 32.0 Å². The zero-order chi connectivity index (χ0) is 15.1. The maximum atomic E-state index is 12.4. The number of sulfonamides is 1. The van der Waals surface area contributed by atoms with Gasteiger partial charge in [0.15, 0.2) is 0 Å². The second kappa shape index (κ2) is 4.50. The quantitative estimate of drug-likeness (QED) is 0.604. The predicted octanol–water partition coefficient (Wildman–Crippen LogP) is 0.292. The SMILES string of the molecule is CC(C)(NS(=O)(=O)c1c[nH]c2ccc(N)cc12)C(N)=O. The van der Waals surface area contributed by atoms with Crippen LogP contribution in [0.3, 0.4) is 0 Å². The van der Waals surface area contributed by atoms with E-state index in [-0.39, 0.29) is 4.90 Å². The number of H-pyrrole nitrogens is 1. The van der Waals surface area contributed by atoms with E-state index in [1.165, 1.54) is 20.0 Å². The average molecular weight is 296 g/mol. The van der Waals surface area contributed by atoms with Crippen LogP contribution in [0.5, 0.6) is 0 Å². The molecule has 1 heterocycles. The number of aromatic amines is 1. The molecule has 0 aliphatic carbocycles. The summed E-state index contributed by atoms with van der Waals surface area (Å²) in [7, 11) is -3.90. The molecule has 0 unspecified atom stereocenters. The van der Waals surface area contributed by atoms with Crippen LogP contribution in [0, 0.1) is 0 Å². The molecule has 0 fully saturated rings. The van der Waals surface area contributed by atoms with Crippen molar-refractivity contribution in [1.29, 1.82) is 0 Å². The van der Waals surface area contributed by atoms with Crippen LogP contribution < -0.4 is 16.2 Å². The van der Waals surface area contributed by atoms with Crippen LogP contribution in [0.15, 0.2) is 29.3 Å². The van der Waals surface area contributed by atoms with E-state index >= 15 is 0 Å². The predicted molar refractivity (Wildman–Crippen MR) is 76.3 cm³/mol. The Morgan fingerprint density at radius 2 is 2.00 bits per heavy atom. The molecule has 0 spiro atoms. The lowest BCUT2D eigenvalue weighted by Crippen LogP contribution is -2.52. The summed E-state index contributed by atoms with van der Waals surface area (Å²) in [5.41, 5.74) is 10.5. The number of benzene rings is 1. The summed E-state index contributed by atoms with van der Waals surface area (Å²) in [4.78, 5) is 14.1. The van der Waals surface area contributed by atoms with E-state index in [0.717, 1.165) is 0 Å². The fourth-order valence-corrected chi connectivity index (χ4v) is 3.33. The van der Waals surface area contributed by atoms with Crippen molar-refractivity contribution >= 4 is 32.5 Å². The van der Waals surface area contributed by atoms with Crippen LogP contribution in [0.2, 0.25) is 0 Å². The molecule has 6 N–H and O–H groups in total. The number of aromatic nitrogens is 1. The Balaban J connectivity index is 2.53. The molecule has 0 bridgehead atoms. The Morgan fingerprint density at radius 3 is 2.60 bits per heavy atom. The molecule has 7 nitrogen and oxygen atoms in total. The van der Waals surface area contributed by atoms with Crippen molar-refractivity contribution in [3.05, 3.63) is 24.4 Å². The van der Waals surface area contributed by atoms with Gasteiger partial charge in [0.05, 0.1) is 0 Å². The minimum absolute atomic E-state index is 0.0223. The van der Waals surface area contributed by atoms with Crippen molar-refractivity contribution in [2.24, 2.45) is 5.73 Å². The standard InChI is InChI=1S/C12H16N4O3S/c1-12(2,11(14)17)16-20(18,19)10-6-15-9-4-3-7(13)5-8(9)10/h3-6,15-16H,13H2,1-2H3,(H2,14,17). The zero-order valence-corrected chi connectivity index (χ0v) is 11.9. The number of amides is 1. The van der Waals surface area contributed by atoms with Crippen LogP contribution in [0.25, 0.3) is 10.9 Å². The van der Waals surface area contributed by atoms with Crippen molar-refractivity contribution in [2.45, 2.75) is 24.3 Å². The Labute approximate surface area is 116 Å². The highest BCUT2D eigenvalue weighted by molar-refractivity contribution is 7.89. The van der Waals surface area contributed by atoms with E-state index < -0.39 is 21.5 Å². The first kappa shape index (κ1) is 14.4. The third-order valence-corrected chi connectivity index (χ3v) is 4.66. The molecule has 2 rings (SSSR count). The summed E-state index contributed by atoms with van der Waals surface area (Å²) < 4.78 is 27.0. The fourth-order valence-electron chi connectivity index (χ4n) is 1.78. The van der Waals surface area contributed by atoms with E-state index in [2.05, 4.69) is 9.71 Å². The van der Waals surface area contributed by atoms with Gasteiger partial charge in [0, 0.05) is 22.8 Å². The number of hydrogen-bond acceptors (Lipinski definition) is 4. The molecule has 0 atom stereocenters. The van der Waals surface area contributed by atoms with Crippen molar-refractivity contribution in [3.63, 3.8) is 0 Å². The number of nitrogens with one attached hydrogen (secondary N) is 2. The summed E-state index contributed by atoms with van der Waals surface area (Å²) >= 11 is 0. The van der Waals surface area contributed by atoms with Crippen molar-refractivity contribution in [3.8, 4) is 0 Å². The van der Waals surface area contributed by atoms with Crippen LogP contribution >= 0.6 is 0 Å². The zero-order valence-electron chi connectivity index (χ0n) is 11.1. The van der Waals surface area contributed by atoms with Crippen molar-refractivity contribution in [1.82, 2.24) is 9.71 Å². The van der Waals surface area contributed by atoms with Crippen molar-refractivity contribution < 1.29 is 13.2 Å². The number of fused-ring (bicyclic) bond motifs is 1. The minimum atomic E-state index is -3.90. The summed E-state index contributed by atoms with van der Waals surface area (Å²) in [5, 5.41) is 0.456. The molecule has 108 valence electrons. The Hall–Kier alpha value is -2.06. The van der Waals surface area contributed by atoms with Gasteiger partial charge in [-0.1, -0.05) is 0 Å². The van der Waals surface area contributed by atoms with E-state index in [1.54, 1.807) is 18.2 Å². The summed E-state index contributed by atoms with van der Waals surface area (Å²) in [6.07, 6.45) is 1.35. The van der Waals surface area contributed by atoms with Crippen LogP contribution in [-0.4, -0.2) is 24.8 Å². The van der Waals surface area contributed by atoms with E-state index in [9.17, 15) is 13.2 Å². The first-order valence-corrected chi connectivity index (χ1v) is 7.32. The number of hydrogen-bond donors (Lipinski definition) is 4. The lowest BCUT2D eigenvalue weighted by Gasteiger charge is -2.21. The van der Waals surface area contributed by atoms with Gasteiger partial charge < -0.3 is 16.5 Å². The van der Waals surface area contributed by atoms with Gasteiger partial charge in [0.1, 0.15) is 10.4 Å². The minimum Gasteiger partial charge on any atom is -0.399 e. The van der Waals surface area contributed by atoms with E-state index in [0.29, 0.717) is 16.6 Å². The molecule has 20 heavy (non-hydrogen) atoms. The smallest absolute Gasteiger partial charge is 0.243 e. The molecule has 8 heteroatoms. The number of carbonyl (C=O) groups is 1. The highest BCUT2D eigenvalue weighted by Crippen LogP contribution is 2.25. The molecular formula is C12H16N4O3S. The lowest BCUT2D eigenvalue weighted by molar-refractivity contribution is -0.122. The van der Waals surface area contributed by atoms with Gasteiger partial charge in [-0.15, -0.1) is 0 Å². The molecule has 1 amide bonds. The summed E-state index contributed by atoms with van der Waals surface area (Å²) in [6, 6.07) is 4.90. The van der Waals surface area contributed by atoms with E-state index in [1.807, 2.05) is 0 Å².